The van der Waals surface area contributed by atoms with Gasteiger partial charge in [-0.05, 0) is 46.0 Å². The van der Waals surface area contributed by atoms with E-state index in [1.54, 1.807) is 0 Å². The Hall–Kier alpha value is -7.56. The number of fused-ring (bicyclic) bond motifs is 15. The topological polar surface area (TPSA) is 46.5 Å². The summed E-state index contributed by atoms with van der Waals surface area (Å²) in [5.74, 6) is 0.709. The zero-order valence-electron chi connectivity index (χ0n) is 30.2. The summed E-state index contributed by atoms with van der Waals surface area (Å²) >= 11 is 0. The Labute approximate surface area is 321 Å². The van der Waals surface area contributed by atoms with E-state index in [1.807, 2.05) is 30.5 Å². The fourth-order valence-corrected chi connectivity index (χ4v) is 9.18. The molecule has 0 fully saturated rings. The number of nitrogens with one attached hydrogen (secondary N) is 1. The zero-order valence-corrected chi connectivity index (χ0v) is 30.2. The van der Waals surface area contributed by atoms with Gasteiger partial charge in [0.05, 0.1) is 22.2 Å². The maximum atomic E-state index is 5.21. The molecule has 4 nitrogen and oxygen atoms in total. The minimum atomic E-state index is 0.709. The lowest BCUT2D eigenvalue weighted by atomic mass is 9.89. The number of rotatable bonds is 4. The van der Waals surface area contributed by atoms with Crippen LogP contribution in [-0.2, 0) is 0 Å². The molecule has 0 saturated heterocycles. The second kappa shape index (κ2) is 12.0. The molecule has 1 N–H and O–H groups in total. The van der Waals surface area contributed by atoms with Crippen molar-refractivity contribution < 1.29 is 0 Å². The molecule has 3 aromatic heterocycles. The second-order valence-electron chi connectivity index (χ2n) is 14.6. The molecule has 0 aliphatic carbocycles. The molecule has 0 spiro atoms. The molecule has 12 rings (SSSR count). The smallest absolute Gasteiger partial charge is 0.159 e. The SMILES string of the molecule is c1ccc(-c2ncc(-c3cccc(-n4c5ccccc5c5c6c(c7ccccc7c7[nH]c8ccccc8c76)c6ccccc6c54)c3)c(-c3ccccc3)n2)cc1. The first kappa shape index (κ1) is 30.9. The first-order chi connectivity index (χ1) is 27.8. The van der Waals surface area contributed by atoms with Crippen LogP contribution in [0.5, 0.6) is 0 Å². The maximum absolute atomic E-state index is 5.21. The molecule has 56 heavy (non-hydrogen) atoms. The Morgan fingerprint density at radius 2 is 1.04 bits per heavy atom. The molecule has 9 aromatic carbocycles. The number of H-pyrrole nitrogens is 1. The van der Waals surface area contributed by atoms with Crippen LogP contribution in [0.4, 0.5) is 0 Å². The average molecular weight is 713 g/mol. The highest BCUT2D eigenvalue weighted by atomic mass is 15.0. The summed E-state index contributed by atoms with van der Waals surface area (Å²) in [6.07, 6.45) is 1.99. The van der Waals surface area contributed by atoms with Crippen molar-refractivity contribution in [3.63, 3.8) is 0 Å². The lowest BCUT2D eigenvalue weighted by Gasteiger charge is -2.16. The maximum Gasteiger partial charge on any atom is 0.159 e. The number of hydrogen-bond donors (Lipinski definition) is 1. The molecule has 0 radical (unpaired) electrons. The standard InChI is InChI=1S/C52H32N4/c1-3-16-32(17-4-1)49-42(31-53-52(55-49)33-18-5-2-6-19-33)34-20-15-21-35(30-34)56-44-29-14-12-27-41(44)47-48-45(37-23-8-10-25-39(37)51(47)56)36-22-7-9-24-38(36)50-46(48)40-26-11-13-28-43(40)54-50/h1-31,54H. The summed E-state index contributed by atoms with van der Waals surface area (Å²) in [5, 5.41) is 12.5. The molecule has 0 bridgehead atoms. The van der Waals surface area contributed by atoms with Crippen LogP contribution >= 0.6 is 0 Å². The van der Waals surface area contributed by atoms with Gasteiger partial charge in [0.15, 0.2) is 5.82 Å². The molecule has 12 aromatic rings. The Morgan fingerprint density at radius 3 is 1.82 bits per heavy atom. The summed E-state index contributed by atoms with van der Waals surface area (Å²) in [6.45, 7) is 0. The van der Waals surface area contributed by atoms with Crippen LogP contribution in [0.25, 0.3) is 115 Å². The Kier molecular flexibility index (Phi) is 6.60. The van der Waals surface area contributed by atoms with E-state index < -0.39 is 0 Å². The first-order valence-electron chi connectivity index (χ1n) is 19.1. The van der Waals surface area contributed by atoms with Gasteiger partial charge in [0, 0.05) is 71.8 Å². The van der Waals surface area contributed by atoms with Gasteiger partial charge in [0.25, 0.3) is 0 Å². The van der Waals surface area contributed by atoms with E-state index in [2.05, 4.69) is 167 Å². The molecular weight excluding hydrogens is 681 g/mol. The summed E-state index contributed by atoms with van der Waals surface area (Å²) in [6, 6.07) is 65.0. The van der Waals surface area contributed by atoms with Gasteiger partial charge in [0.1, 0.15) is 0 Å². The molecule has 0 unspecified atom stereocenters. The third kappa shape index (κ3) is 4.41. The molecule has 0 atom stereocenters. The number of aromatic amines is 1. The van der Waals surface area contributed by atoms with Crippen molar-refractivity contribution in [1.29, 1.82) is 0 Å². The van der Waals surface area contributed by atoms with E-state index in [0.717, 1.165) is 44.7 Å². The fraction of sp³-hybridized carbons (Fsp3) is 0. The molecule has 0 aliphatic rings. The zero-order chi connectivity index (χ0) is 36.7. The van der Waals surface area contributed by atoms with Crippen LogP contribution in [0.1, 0.15) is 0 Å². The summed E-state index contributed by atoms with van der Waals surface area (Å²) < 4.78 is 2.48. The van der Waals surface area contributed by atoms with Gasteiger partial charge in [-0.1, -0.05) is 158 Å². The first-order valence-corrected chi connectivity index (χ1v) is 19.1. The predicted molar refractivity (Wildman–Crippen MR) is 235 cm³/mol. The van der Waals surface area contributed by atoms with Gasteiger partial charge < -0.3 is 9.55 Å². The van der Waals surface area contributed by atoms with Gasteiger partial charge in [-0.2, -0.15) is 0 Å². The third-order valence-corrected chi connectivity index (χ3v) is 11.5. The highest BCUT2D eigenvalue weighted by Gasteiger charge is 2.24. The largest absolute Gasteiger partial charge is 0.354 e. The van der Waals surface area contributed by atoms with Gasteiger partial charge in [-0.15, -0.1) is 0 Å². The monoisotopic (exact) mass is 712 g/mol. The molecule has 0 amide bonds. The number of hydrogen-bond acceptors (Lipinski definition) is 2. The van der Waals surface area contributed by atoms with Gasteiger partial charge in [-0.3, -0.25) is 0 Å². The molecular formula is C52H32N4. The van der Waals surface area contributed by atoms with Crippen molar-refractivity contribution in [3.8, 4) is 39.5 Å². The lowest BCUT2D eigenvalue weighted by molar-refractivity contribution is 1.17. The molecule has 0 aliphatic heterocycles. The van der Waals surface area contributed by atoms with Crippen molar-refractivity contribution >= 4 is 75.9 Å². The van der Waals surface area contributed by atoms with E-state index in [-0.39, 0.29) is 0 Å². The van der Waals surface area contributed by atoms with Crippen molar-refractivity contribution in [1.82, 2.24) is 19.5 Å². The minimum absolute atomic E-state index is 0.709. The number of para-hydroxylation sites is 2. The quantitative estimate of drug-likeness (QED) is 0.185. The second-order valence-corrected chi connectivity index (χ2v) is 14.6. The van der Waals surface area contributed by atoms with Crippen LogP contribution in [-0.4, -0.2) is 19.5 Å². The van der Waals surface area contributed by atoms with Gasteiger partial charge in [0.2, 0.25) is 0 Å². The Balaban J connectivity index is 1.21. The average Bonchev–Trinajstić information content (AvgIpc) is 3.84. The predicted octanol–water partition coefficient (Wildman–Crippen LogP) is 13.7. The highest BCUT2D eigenvalue weighted by molar-refractivity contribution is 6.45. The summed E-state index contributed by atoms with van der Waals surface area (Å²) in [4.78, 5) is 14.0. The van der Waals surface area contributed by atoms with Crippen LogP contribution < -0.4 is 0 Å². The minimum Gasteiger partial charge on any atom is -0.354 e. The van der Waals surface area contributed by atoms with Crippen molar-refractivity contribution in [2.75, 3.05) is 0 Å². The molecule has 0 saturated carbocycles. The van der Waals surface area contributed by atoms with E-state index in [0.29, 0.717) is 5.82 Å². The fourth-order valence-electron chi connectivity index (χ4n) is 9.18. The Morgan fingerprint density at radius 1 is 0.429 bits per heavy atom. The molecule has 3 heterocycles. The Bertz CT molecular complexity index is 3520. The number of benzene rings is 9. The summed E-state index contributed by atoms with van der Waals surface area (Å²) in [7, 11) is 0. The van der Waals surface area contributed by atoms with Crippen LogP contribution in [0.2, 0.25) is 0 Å². The van der Waals surface area contributed by atoms with Crippen LogP contribution in [0.3, 0.4) is 0 Å². The normalized spacial score (nSPS) is 11.9. The van der Waals surface area contributed by atoms with Crippen LogP contribution in [0, 0.1) is 0 Å². The summed E-state index contributed by atoms with van der Waals surface area (Å²) in [5.41, 5.74) is 10.8. The van der Waals surface area contributed by atoms with E-state index in [4.69, 9.17) is 9.97 Å². The highest BCUT2D eigenvalue weighted by Crippen LogP contribution is 2.49. The number of aromatic nitrogens is 4. The molecule has 260 valence electrons. The van der Waals surface area contributed by atoms with Crippen molar-refractivity contribution in [2.24, 2.45) is 0 Å². The molecule has 4 heteroatoms. The van der Waals surface area contributed by atoms with E-state index in [9.17, 15) is 0 Å². The lowest BCUT2D eigenvalue weighted by Crippen LogP contribution is -1.98. The van der Waals surface area contributed by atoms with Gasteiger partial charge >= 0.3 is 0 Å². The van der Waals surface area contributed by atoms with Crippen molar-refractivity contribution in [2.45, 2.75) is 0 Å². The van der Waals surface area contributed by atoms with E-state index in [1.165, 1.54) is 64.9 Å². The number of nitrogens with zero attached hydrogens (tertiary/aromatic N) is 3. The van der Waals surface area contributed by atoms with Crippen molar-refractivity contribution in [3.05, 3.63) is 188 Å². The third-order valence-electron chi connectivity index (χ3n) is 11.5. The van der Waals surface area contributed by atoms with Crippen LogP contribution in [0.15, 0.2) is 188 Å². The van der Waals surface area contributed by atoms with Gasteiger partial charge in [-0.25, -0.2) is 9.97 Å². The van der Waals surface area contributed by atoms with E-state index >= 15 is 0 Å².